The molecule has 0 saturated carbocycles. The molecule has 218 valence electrons. The molecule has 1 amide bonds. The van der Waals surface area contributed by atoms with Gasteiger partial charge in [-0.05, 0) is 19.9 Å². The quantitative estimate of drug-likeness (QED) is 0.0895. The minimum atomic E-state index is -1.91. The Labute approximate surface area is 221 Å². The number of hydrogen-bond donors (Lipinski definition) is 7. The molecule has 8 atom stereocenters. The molecular formula is C22H33N5O12. The van der Waals surface area contributed by atoms with Gasteiger partial charge in [0.2, 0.25) is 5.91 Å². The highest BCUT2D eigenvalue weighted by Gasteiger charge is 2.55. The zero-order valence-corrected chi connectivity index (χ0v) is 21.4. The number of aliphatic carboxylic acids is 1. The van der Waals surface area contributed by atoms with Gasteiger partial charge in [0.25, 0.3) is 5.56 Å². The van der Waals surface area contributed by atoms with Crippen molar-refractivity contribution in [2.45, 2.75) is 76.0 Å². The number of nitrogens with two attached hydrogens (primary N) is 1. The van der Waals surface area contributed by atoms with Crippen molar-refractivity contribution < 1.29 is 48.7 Å². The number of hydrogen-bond acceptors (Lipinski definition) is 13. The number of nitrogens with one attached hydrogen (secondary N) is 3. The number of ether oxygens (including phenoxy) is 3. The number of carboxylic acid groups (broad SMARTS) is 1. The summed E-state index contributed by atoms with van der Waals surface area (Å²) >= 11 is 0. The molecule has 0 bridgehead atoms. The summed E-state index contributed by atoms with van der Waals surface area (Å²) in [5.74, 6) is -3.85. The number of esters is 2. The lowest BCUT2D eigenvalue weighted by atomic mass is 9.99. The highest BCUT2D eigenvalue weighted by atomic mass is 16.6. The normalized spacial score (nSPS) is 23.7. The fraction of sp³-hybridized carbons (Fsp3) is 0.636. The van der Waals surface area contributed by atoms with Crippen LogP contribution in [0.2, 0.25) is 0 Å². The van der Waals surface area contributed by atoms with Crippen LogP contribution in [0.1, 0.15) is 33.4 Å². The largest absolute Gasteiger partial charge is 0.480 e. The van der Waals surface area contributed by atoms with E-state index in [2.05, 4.69) is 10.6 Å². The van der Waals surface area contributed by atoms with Gasteiger partial charge in [0.05, 0.1) is 6.10 Å². The van der Waals surface area contributed by atoms with E-state index in [4.69, 9.17) is 19.9 Å². The number of carboxylic acids is 1. The van der Waals surface area contributed by atoms with Crippen LogP contribution in [0.25, 0.3) is 0 Å². The van der Waals surface area contributed by atoms with Crippen LogP contribution in [-0.4, -0.2) is 104 Å². The number of aromatic nitrogens is 2. The Balaban J connectivity index is 2.24. The smallest absolute Gasteiger partial charge is 0.330 e. The summed E-state index contributed by atoms with van der Waals surface area (Å²) < 4.78 is 17.0. The molecule has 2 rings (SSSR count). The molecule has 17 heteroatoms. The minimum absolute atomic E-state index is 0.0284. The Morgan fingerprint density at radius 1 is 1.13 bits per heavy atom. The lowest BCUT2D eigenvalue weighted by Gasteiger charge is -2.29. The van der Waals surface area contributed by atoms with Crippen molar-refractivity contribution in [1.82, 2.24) is 20.2 Å². The van der Waals surface area contributed by atoms with E-state index in [1.807, 2.05) is 4.98 Å². The summed E-state index contributed by atoms with van der Waals surface area (Å²) in [4.78, 5) is 73.3. The number of nitrogens with zero attached hydrogens (tertiary/aromatic N) is 1. The van der Waals surface area contributed by atoms with Crippen molar-refractivity contribution in [3.8, 4) is 0 Å². The second kappa shape index (κ2) is 13.9. The van der Waals surface area contributed by atoms with Crippen LogP contribution < -0.4 is 27.6 Å². The number of carbonyl (C=O) groups excluding carboxylic acids is 3. The Morgan fingerprint density at radius 3 is 2.28 bits per heavy atom. The molecule has 1 aliphatic rings. The van der Waals surface area contributed by atoms with Crippen molar-refractivity contribution in [2.24, 2.45) is 5.73 Å². The van der Waals surface area contributed by atoms with E-state index in [1.165, 1.54) is 6.92 Å². The van der Waals surface area contributed by atoms with Crippen LogP contribution in [0.3, 0.4) is 0 Å². The number of aromatic amines is 1. The van der Waals surface area contributed by atoms with Gasteiger partial charge < -0.3 is 45.9 Å². The molecule has 0 aromatic carbocycles. The monoisotopic (exact) mass is 559 g/mol. The van der Waals surface area contributed by atoms with E-state index in [0.29, 0.717) is 0 Å². The highest BCUT2D eigenvalue weighted by Crippen LogP contribution is 2.35. The first-order valence-electron chi connectivity index (χ1n) is 11.9. The van der Waals surface area contributed by atoms with Gasteiger partial charge in [-0.3, -0.25) is 33.5 Å². The molecule has 1 saturated heterocycles. The molecule has 1 unspecified atom stereocenters. The zero-order valence-electron chi connectivity index (χ0n) is 21.4. The third kappa shape index (κ3) is 8.42. The summed E-state index contributed by atoms with van der Waals surface area (Å²) in [6, 6.07) is -1.86. The molecule has 0 radical (unpaired) electrons. The Morgan fingerprint density at radius 2 is 1.74 bits per heavy atom. The first-order valence-corrected chi connectivity index (χ1v) is 11.9. The van der Waals surface area contributed by atoms with Crippen molar-refractivity contribution in [1.29, 1.82) is 0 Å². The van der Waals surface area contributed by atoms with Crippen LogP contribution in [0.5, 0.6) is 0 Å². The molecule has 0 spiro atoms. The number of H-pyrrole nitrogens is 1. The Hall–Kier alpha value is -3.64. The minimum Gasteiger partial charge on any atom is -0.480 e. The molecule has 1 aromatic heterocycles. The second-order valence-electron chi connectivity index (χ2n) is 8.83. The van der Waals surface area contributed by atoms with Gasteiger partial charge in [0.15, 0.2) is 18.4 Å². The molecule has 2 heterocycles. The van der Waals surface area contributed by atoms with E-state index in [0.717, 1.165) is 30.7 Å². The van der Waals surface area contributed by atoms with Crippen LogP contribution in [0.15, 0.2) is 21.9 Å². The molecule has 1 aromatic rings. The number of amides is 1. The lowest BCUT2D eigenvalue weighted by Crippen LogP contribution is -2.55. The standard InChI is InChI=1S/C22H33N5O12/c1-9(28)13(23)19(33)25-7-4-6-24-14(21(34)35)15(32)16-17(37-10(2)29)18(38-11(3)30)20(39-16)27-8-5-12(31)26-22(27)36/h5,8-9,13-18,20,24,28,32H,4,6-7,23H2,1-3H3,(H,25,33)(H,34,35)(H,26,31,36)/t9-,13-,14?,15+,16+,17+,18+,20+/m0/s1. The van der Waals surface area contributed by atoms with Crippen molar-refractivity contribution in [2.75, 3.05) is 13.1 Å². The fourth-order valence-corrected chi connectivity index (χ4v) is 3.87. The maximum atomic E-state index is 12.4. The van der Waals surface area contributed by atoms with Crippen LogP contribution in [0.4, 0.5) is 0 Å². The maximum Gasteiger partial charge on any atom is 0.330 e. The number of carbonyl (C=O) groups is 4. The zero-order chi connectivity index (χ0) is 29.4. The van der Waals surface area contributed by atoms with Crippen molar-refractivity contribution in [3.63, 3.8) is 0 Å². The van der Waals surface area contributed by atoms with Gasteiger partial charge in [-0.2, -0.15) is 0 Å². The summed E-state index contributed by atoms with van der Waals surface area (Å²) in [5.41, 5.74) is 3.83. The molecule has 0 aliphatic carbocycles. The molecule has 8 N–H and O–H groups in total. The van der Waals surface area contributed by atoms with Crippen LogP contribution in [0, 0.1) is 0 Å². The van der Waals surface area contributed by atoms with Crippen LogP contribution >= 0.6 is 0 Å². The first kappa shape index (κ1) is 31.6. The molecular weight excluding hydrogens is 526 g/mol. The lowest BCUT2D eigenvalue weighted by molar-refractivity contribution is -0.167. The van der Waals surface area contributed by atoms with Gasteiger partial charge in [-0.25, -0.2) is 4.79 Å². The number of aliphatic hydroxyl groups excluding tert-OH is 2. The predicted octanol–water partition coefficient (Wildman–Crippen LogP) is -4.08. The molecule has 1 fully saturated rings. The summed E-state index contributed by atoms with van der Waals surface area (Å²) in [6.45, 7) is 3.45. The van der Waals surface area contributed by atoms with Crippen molar-refractivity contribution in [3.05, 3.63) is 33.1 Å². The summed E-state index contributed by atoms with van der Waals surface area (Å²) in [6.07, 6.45) is -7.92. The Kier molecular flexibility index (Phi) is 11.3. The molecule has 1 aliphatic heterocycles. The van der Waals surface area contributed by atoms with E-state index in [9.17, 15) is 44.1 Å². The van der Waals surface area contributed by atoms with Gasteiger partial charge in [0.1, 0.15) is 24.3 Å². The average Bonchev–Trinajstić information content (AvgIpc) is 3.16. The van der Waals surface area contributed by atoms with Gasteiger partial charge in [-0.15, -0.1) is 0 Å². The second-order valence-corrected chi connectivity index (χ2v) is 8.83. The third-order valence-corrected chi connectivity index (χ3v) is 5.74. The SMILES string of the molecule is CC(=O)O[C@H]1[C@@H](OC(C)=O)[C@H](n2ccc(=O)[nH]c2=O)O[C@@H]1[C@H](O)C(NCCCNC(=O)[C@@H](N)[C@H](C)O)C(=O)O. The summed E-state index contributed by atoms with van der Waals surface area (Å²) in [5, 5.41) is 35.2. The van der Waals surface area contributed by atoms with Crippen LogP contribution in [-0.2, 0) is 33.4 Å². The summed E-state index contributed by atoms with van der Waals surface area (Å²) in [7, 11) is 0. The van der Waals surface area contributed by atoms with Gasteiger partial charge in [0, 0.05) is 32.7 Å². The van der Waals surface area contributed by atoms with E-state index >= 15 is 0 Å². The van der Waals surface area contributed by atoms with E-state index in [-0.39, 0.29) is 19.5 Å². The Bertz CT molecular complexity index is 1150. The predicted molar refractivity (Wildman–Crippen MR) is 129 cm³/mol. The van der Waals surface area contributed by atoms with Crippen molar-refractivity contribution >= 4 is 23.8 Å². The molecule has 17 nitrogen and oxygen atoms in total. The fourth-order valence-electron chi connectivity index (χ4n) is 3.87. The number of rotatable bonds is 13. The topological polar surface area (TPSA) is 262 Å². The van der Waals surface area contributed by atoms with E-state index in [1.54, 1.807) is 0 Å². The maximum absolute atomic E-state index is 12.4. The van der Waals surface area contributed by atoms with Gasteiger partial charge >= 0.3 is 23.6 Å². The van der Waals surface area contributed by atoms with E-state index < -0.39 is 83.9 Å². The number of aliphatic hydroxyl groups is 2. The molecule has 39 heavy (non-hydrogen) atoms. The third-order valence-electron chi connectivity index (χ3n) is 5.74. The average molecular weight is 560 g/mol. The first-order chi connectivity index (χ1) is 18.2. The van der Waals surface area contributed by atoms with Gasteiger partial charge in [-0.1, -0.05) is 0 Å². The highest BCUT2D eigenvalue weighted by molar-refractivity contribution is 5.82.